The molecule has 32 heavy (non-hydrogen) atoms. The maximum absolute atomic E-state index is 13.0. The SMILES string of the molecule is CCCn1c(SCc2csc(N(C(C)=O)c3cccc(C)c3)n2)nc2ccccc2c1=O. The summed E-state index contributed by atoms with van der Waals surface area (Å²) in [4.78, 5) is 36.4. The summed E-state index contributed by atoms with van der Waals surface area (Å²) in [5.74, 6) is 0.474. The Labute approximate surface area is 194 Å². The molecule has 2 aromatic heterocycles. The fourth-order valence-electron chi connectivity index (χ4n) is 3.48. The lowest BCUT2D eigenvalue weighted by Crippen LogP contribution is -2.23. The third-order valence-electron chi connectivity index (χ3n) is 4.93. The van der Waals surface area contributed by atoms with Crippen molar-refractivity contribution < 1.29 is 4.79 Å². The molecule has 0 aliphatic carbocycles. The van der Waals surface area contributed by atoms with Gasteiger partial charge >= 0.3 is 0 Å². The molecule has 0 spiro atoms. The smallest absolute Gasteiger partial charge is 0.262 e. The molecule has 8 heteroatoms. The van der Waals surface area contributed by atoms with Gasteiger partial charge in [-0.2, -0.15) is 0 Å². The van der Waals surface area contributed by atoms with Crippen LogP contribution in [-0.4, -0.2) is 20.4 Å². The third kappa shape index (κ3) is 4.61. The van der Waals surface area contributed by atoms with Crippen molar-refractivity contribution in [2.75, 3.05) is 4.90 Å². The first-order chi connectivity index (χ1) is 15.5. The number of hydrogen-bond acceptors (Lipinski definition) is 6. The lowest BCUT2D eigenvalue weighted by Gasteiger charge is -2.18. The number of thiazole rings is 1. The topological polar surface area (TPSA) is 68.1 Å². The van der Waals surface area contributed by atoms with E-state index in [-0.39, 0.29) is 11.5 Å². The molecular formula is C24H24N4O2S2. The van der Waals surface area contributed by atoms with Crippen LogP contribution in [0.3, 0.4) is 0 Å². The number of hydrogen-bond donors (Lipinski definition) is 0. The molecule has 164 valence electrons. The third-order valence-corrected chi connectivity index (χ3v) is 6.81. The number of carbonyl (C=O) groups excluding carboxylic acids is 1. The lowest BCUT2D eigenvalue weighted by atomic mass is 10.2. The summed E-state index contributed by atoms with van der Waals surface area (Å²) < 4.78 is 1.74. The van der Waals surface area contributed by atoms with E-state index in [2.05, 4.69) is 0 Å². The van der Waals surface area contributed by atoms with Gasteiger partial charge in [-0.1, -0.05) is 43.0 Å². The number of anilines is 2. The van der Waals surface area contributed by atoms with Crippen LogP contribution >= 0.6 is 23.1 Å². The largest absolute Gasteiger partial charge is 0.287 e. The molecule has 0 N–H and O–H groups in total. The van der Waals surface area contributed by atoms with Crippen LogP contribution < -0.4 is 10.5 Å². The molecule has 0 bridgehead atoms. The van der Waals surface area contributed by atoms with Crippen molar-refractivity contribution in [3.63, 3.8) is 0 Å². The first-order valence-corrected chi connectivity index (χ1v) is 12.3. The van der Waals surface area contributed by atoms with Crippen LogP contribution in [0.25, 0.3) is 10.9 Å². The molecule has 2 aromatic carbocycles. The zero-order chi connectivity index (χ0) is 22.7. The summed E-state index contributed by atoms with van der Waals surface area (Å²) in [6.45, 7) is 6.20. The average molecular weight is 465 g/mol. The number of carbonyl (C=O) groups is 1. The minimum absolute atomic E-state index is 0.0129. The van der Waals surface area contributed by atoms with Gasteiger partial charge in [0.15, 0.2) is 10.3 Å². The Bertz CT molecular complexity index is 1330. The van der Waals surface area contributed by atoms with Crippen LogP contribution in [-0.2, 0) is 17.1 Å². The summed E-state index contributed by atoms with van der Waals surface area (Å²) in [6, 6.07) is 15.3. The van der Waals surface area contributed by atoms with E-state index in [9.17, 15) is 9.59 Å². The van der Waals surface area contributed by atoms with E-state index in [1.165, 1.54) is 23.1 Å². The Morgan fingerprint density at radius 3 is 2.72 bits per heavy atom. The van der Waals surface area contributed by atoms with E-state index in [1.807, 2.05) is 67.8 Å². The Hall–Kier alpha value is -2.97. The van der Waals surface area contributed by atoms with Crippen molar-refractivity contribution in [3.8, 4) is 0 Å². The summed E-state index contributed by atoms with van der Waals surface area (Å²) in [5.41, 5.74) is 3.42. The number of aromatic nitrogens is 3. The molecule has 0 aliphatic heterocycles. The summed E-state index contributed by atoms with van der Waals surface area (Å²) >= 11 is 2.93. The molecule has 0 atom stereocenters. The Balaban J connectivity index is 1.60. The highest BCUT2D eigenvalue weighted by Gasteiger charge is 2.19. The molecule has 4 aromatic rings. The number of aryl methyl sites for hydroxylation is 1. The van der Waals surface area contributed by atoms with Crippen molar-refractivity contribution in [1.82, 2.24) is 14.5 Å². The van der Waals surface area contributed by atoms with Crippen LogP contribution in [0.1, 0.15) is 31.5 Å². The van der Waals surface area contributed by atoms with Crippen LogP contribution in [0.2, 0.25) is 0 Å². The number of rotatable bonds is 7. The van der Waals surface area contributed by atoms with Crippen LogP contribution in [0, 0.1) is 6.92 Å². The number of para-hydroxylation sites is 1. The van der Waals surface area contributed by atoms with Crippen LogP contribution in [0.5, 0.6) is 0 Å². The van der Waals surface area contributed by atoms with Crippen molar-refractivity contribution in [2.24, 2.45) is 0 Å². The minimum Gasteiger partial charge on any atom is -0.287 e. The predicted molar refractivity (Wildman–Crippen MR) is 132 cm³/mol. The van der Waals surface area contributed by atoms with Crippen LogP contribution in [0.4, 0.5) is 10.8 Å². The summed E-state index contributed by atoms with van der Waals surface area (Å²) in [5, 5.41) is 3.91. The first-order valence-electron chi connectivity index (χ1n) is 10.4. The maximum atomic E-state index is 13.0. The quantitative estimate of drug-likeness (QED) is 0.265. The molecular weight excluding hydrogens is 440 g/mol. The Morgan fingerprint density at radius 2 is 1.97 bits per heavy atom. The van der Waals surface area contributed by atoms with E-state index in [4.69, 9.17) is 9.97 Å². The molecule has 0 fully saturated rings. The summed E-state index contributed by atoms with van der Waals surface area (Å²) in [7, 11) is 0. The van der Waals surface area contributed by atoms with Gasteiger partial charge in [-0.3, -0.25) is 19.1 Å². The zero-order valence-electron chi connectivity index (χ0n) is 18.2. The Kier molecular flexibility index (Phi) is 6.72. The van der Waals surface area contributed by atoms with Crippen molar-refractivity contribution in [3.05, 3.63) is 75.5 Å². The van der Waals surface area contributed by atoms with E-state index in [0.717, 1.165) is 23.4 Å². The highest BCUT2D eigenvalue weighted by Crippen LogP contribution is 2.31. The molecule has 0 saturated heterocycles. The second kappa shape index (κ2) is 9.67. The fourth-order valence-corrected chi connectivity index (χ4v) is 5.39. The molecule has 0 radical (unpaired) electrons. The van der Waals surface area contributed by atoms with Crippen LogP contribution in [0.15, 0.2) is 63.9 Å². The van der Waals surface area contributed by atoms with E-state index < -0.39 is 0 Å². The van der Waals surface area contributed by atoms with Crippen molar-refractivity contribution >= 4 is 50.7 Å². The average Bonchev–Trinajstić information content (AvgIpc) is 3.23. The molecule has 1 amide bonds. The minimum atomic E-state index is -0.0860. The standard InChI is InChI=1S/C24H24N4O2S2/c1-4-12-27-22(30)20-10-5-6-11-21(20)26-23(27)31-14-18-15-32-24(25-18)28(17(3)29)19-9-7-8-16(2)13-19/h5-11,13,15H,4,12,14H2,1-3H3. The highest BCUT2D eigenvalue weighted by atomic mass is 32.2. The highest BCUT2D eigenvalue weighted by molar-refractivity contribution is 7.98. The second-order valence-electron chi connectivity index (χ2n) is 7.47. The number of fused-ring (bicyclic) bond motifs is 1. The molecule has 4 rings (SSSR count). The van der Waals surface area contributed by atoms with E-state index in [0.29, 0.717) is 33.5 Å². The van der Waals surface area contributed by atoms with Crippen molar-refractivity contribution in [2.45, 2.75) is 44.6 Å². The van der Waals surface area contributed by atoms with Gasteiger partial charge in [0, 0.05) is 24.6 Å². The fraction of sp³-hybridized carbons (Fsp3) is 0.250. The van der Waals surface area contributed by atoms with Gasteiger partial charge in [-0.15, -0.1) is 11.3 Å². The molecule has 0 unspecified atom stereocenters. The van der Waals surface area contributed by atoms with Gasteiger partial charge < -0.3 is 0 Å². The van der Waals surface area contributed by atoms with Gasteiger partial charge in [0.25, 0.3) is 5.56 Å². The van der Waals surface area contributed by atoms with E-state index >= 15 is 0 Å². The lowest BCUT2D eigenvalue weighted by molar-refractivity contribution is -0.115. The number of amides is 1. The second-order valence-corrected chi connectivity index (χ2v) is 9.25. The monoisotopic (exact) mass is 464 g/mol. The molecule has 0 saturated carbocycles. The number of nitrogens with zero attached hydrogens (tertiary/aromatic N) is 4. The number of benzene rings is 2. The normalized spacial score (nSPS) is 11.1. The van der Waals surface area contributed by atoms with Gasteiger partial charge in [-0.25, -0.2) is 9.97 Å². The van der Waals surface area contributed by atoms with E-state index in [1.54, 1.807) is 16.4 Å². The van der Waals surface area contributed by atoms with Gasteiger partial charge in [0.2, 0.25) is 5.91 Å². The summed E-state index contributed by atoms with van der Waals surface area (Å²) in [6.07, 6.45) is 0.846. The first kappa shape index (κ1) is 22.2. The number of thioether (sulfide) groups is 1. The molecule has 6 nitrogen and oxygen atoms in total. The maximum Gasteiger partial charge on any atom is 0.262 e. The van der Waals surface area contributed by atoms with Gasteiger partial charge in [0.05, 0.1) is 22.3 Å². The molecule has 2 heterocycles. The van der Waals surface area contributed by atoms with Gasteiger partial charge in [-0.05, 0) is 43.2 Å². The Morgan fingerprint density at radius 1 is 1.16 bits per heavy atom. The zero-order valence-corrected chi connectivity index (χ0v) is 19.9. The van der Waals surface area contributed by atoms with Crippen molar-refractivity contribution in [1.29, 1.82) is 0 Å². The molecule has 0 aliphatic rings. The van der Waals surface area contributed by atoms with Gasteiger partial charge in [0.1, 0.15) is 0 Å². The predicted octanol–water partition coefficient (Wildman–Crippen LogP) is 5.55.